The molecule has 0 bridgehead atoms. The van der Waals surface area contributed by atoms with Gasteiger partial charge in [0.2, 0.25) is 0 Å². The molecule has 0 saturated heterocycles. The highest BCUT2D eigenvalue weighted by molar-refractivity contribution is 7.80. The minimum atomic E-state index is -0.360. The molecule has 0 fully saturated rings. The predicted molar refractivity (Wildman–Crippen MR) is 117 cm³/mol. The van der Waals surface area contributed by atoms with E-state index in [1.54, 1.807) is 16.9 Å². The van der Waals surface area contributed by atoms with Crippen molar-refractivity contribution in [3.8, 4) is 0 Å². The summed E-state index contributed by atoms with van der Waals surface area (Å²) in [6, 6.07) is 18.5. The van der Waals surface area contributed by atoms with Crippen LogP contribution in [0.5, 0.6) is 0 Å². The highest BCUT2D eigenvalue weighted by Crippen LogP contribution is 2.23. The summed E-state index contributed by atoms with van der Waals surface area (Å²) in [6.07, 6.45) is 3.49. The largest absolute Gasteiger partial charge is 0.332 e. The first-order chi connectivity index (χ1) is 13.6. The summed E-state index contributed by atoms with van der Waals surface area (Å²) < 4.78 is 14.9. The SMILES string of the molecule is Fc1ccc(Cn2cc(NC(=S)Nc3cccc4ccccc34)cn2)c(Cl)c1. The minimum absolute atomic E-state index is 0.360. The second-order valence-corrected chi connectivity index (χ2v) is 7.08. The molecule has 0 saturated carbocycles. The van der Waals surface area contributed by atoms with E-state index in [2.05, 4.69) is 27.9 Å². The van der Waals surface area contributed by atoms with Crippen molar-refractivity contribution in [1.82, 2.24) is 9.78 Å². The van der Waals surface area contributed by atoms with Crippen LogP contribution in [0.2, 0.25) is 5.02 Å². The van der Waals surface area contributed by atoms with Gasteiger partial charge in [-0.15, -0.1) is 0 Å². The Morgan fingerprint density at radius 1 is 1.07 bits per heavy atom. The molecule has 4 rings (SSSR count). The Morgan fingerprint density at radius 2 is 1.89 bits per heavy atom. The number of rotatable bonds is 4. The number of halogens is 2. The van der Waals surface area contributed by atoms with Crippen molar-refractivity contribution in [3.63, 3.8) is 0 Å². The third-order valence-electron chi connectivity index (χ3n) is 4.28. The molecule has 0 aliphatic heterocycles. The molecule has 4 nitrogen and oxygen atoms in total. The molecule has 2 N–H and O–H groups in total. The number of nitrogens with one attached hydrogen (secondary N) is 2. The van der Waals surface area contributed by atoms with Gasteiger partial charge in [-0.3, -0.25) is 4.68 Å². The van der Waals surface area contributed by atoms with Gasteiger partial charge in [0.05, 0.1) is 18.4 Å². The molecule has 7 heteroatoms. The van der Waals surface area contributed by atoms with E-state index in [1.807, 2.05) is 36.5 Å². The van der Waals surface area contributed by atoms with E-state index in [4.69, 9.17) is 23.8 Å². The maximum atomic E-state index is 13.2. The Labute approximate surface area is 171 Å². The van der Waals surface area contributed by atoms with Crippen LogP contribution in [0.4, 0.5) is 15.8 Å². The maximum Gasteiger partial charge on any atom is 0.175 e. The molecule has 4 aromatic rings. The third kappa shape index (κ3) is 4.13. The van der Waals surface area contributed by atoms with Crippen molar-refractivity contribution in [1.29, 1.82) is 0 Å². The van der Waals surface area contributed by atoms with Gasteiger partial charge in [-0.05, 0) is 41.4 Å². The van der Waals surface area contributed by atoms with Gasteiger partial charge in [-0.25, -0.2) is 4.39 Å². The second kappa shape index (κ2) is 7.96. The molecule has 140 valence electrons. The molecule has 1 heterocycles. The lowest BCUT2D eigenvalue weighted by molar-refractivity contribution is 0.624. The van der Waals surface area contributed by atoms with E-state index in [0.29, 0.717) is 16.7 Å². The van der Waals surface area contributed by atoms with E-state index >= 15 is 0 Å². The normalized spacial score (nSPS) is 10.8. The van der Waals surface area contributed by atoms with Crippen molar-refractivity contribution >= 4 is 51.1 Å². The third-order valence-corrected chi connectivity index (χ3v) is 4.83. The molecule has 0 atom stereocenters. The smallest absolute Gasteiger partial charge is 0.175 e. The number of hydrogen-bond donors (Lipinski definition) is 2. The number of aromatic nitrogens is 2. The van der Waals surface area contributed by atoms with E-state index in [9.17, 15) is 4.39 Å². The highest BCUT2D eigenvalue weighted by Gasteiger charge is 2.07. The van der Waals surface area contributed by atoms with E-state index in [1.165, 1.54) is 12.1 Å². The van der Waals surface area contributed by atoms with E-state index in [-0.39, 0.29) is 5.82 Å². The van der Waals surface area contributed by atoms with Gasteiger partial charge in [-0.1, -0.05) is 54.1 Å². The van der Waals surface area contributed by atoms with Crippen LogP contribution < -0.4 is 10.6 Å². The van der Waals surface area contributed by atoms with Gasteiger partial charge in [0, 0.05) is 22.3 Å². The van der Waals surface area contributed by atoms with Gasteiger partial charge in [0.25, 0.3) is 0 Å². The average molecular weight is 411 g/mol. The molecular weight excluding hydrogens is 395 g/mol. The van der Waals surface area contributed by atoms with Crippen molar-refractivity contribution in [3.05, 3.63) is 89.5 Å². The fourth-order valence-electron chi connectivity index (χ4n) is 2.96. The number of hydrogen-bond acceptors (Lipinski definition) is 2. The fraction of sp³-hybridized carbons (Fsp3) is 0.0476. The highest BCUT2D eigenvalue weighted by atomic mass is 35.5. The molecule has 0 amide bonds. The Hall–Kier alpha value is -2.96. The summed E-state index contributed by atoms with van der Waals surface area (Å²) in [6.45, 7) is 0.435. The first-order valence-electron chi connectivity index (χ1n) is 8.61. The van der Waals surface area contributed by atoms with Crippen LogP contribution in [-0.4, -0.2) is 14.9 Å². The Morgan fingerprint density at radius 3 is 2.75 bits per heavy atom. The fourth-order valence-corrected chi connectivity index (χ4v) is 3.41. The summed E-state index contributed by atoms with van der Waals surface area (Å²) in [5.41, 5.74) is 2.46. The van der Waals surface area contributed by atoms with Gasteiger partial charge in [0.15, 0.2) is 5.11 Å². The number of benzene rings is 3. The van der Waals surface area contributed by atoms with Crippen LogP contribution in [0.15, 0.2) is 73.1 Å². The molecule has 0 radical (unpaired) electrons. The van der Waals surface area contributed by atoms with E-state index < -0.39 is 0 Å². The summed E-state index contributed by atoms with van der Waals surface area (Å²) in [5, 5.41) is 13.7. The number of anilines is 2. The lowest BCUT2D eigenvalue weighted by Crippen LogP contribution is -2.18. The summed E-state index contributed by atoms with van der Waals surface area (Å²) in [7, 11) is 0. The minimum Gasteiger partial charge on any atom is -0.332 e. The van der Waals surface area contributed by atoms with Gasteiger partial charge >= 0.3 is 0 Å². The molecule has 3 aromatic carbocycles. The number of fused-ring (bicyclic) bond motifs is 1. The average Bonchev–Trinajstić information content (AvgIpc) is 3.11. The Kier molecular flexibility index (Phi) is 5.23. The topological polar surface area (TPSA) is 41.9 Å². The maximum absolute atomic E-state index is 13.2. The van der Waals surface area contributed by atoms with Crippen molar-refractivity contribution in [2.75, 3.05) is 10.6 Å². The van der Waals surface area contributed by atoms with Gasteiger partial charge in [-0.2, -0.15) is 5.10 Å². The molecule has 28 heavy (non-hydrogen) atoms. The quantitative estimate of drug-likeness (QED) is 0.424. The molecule has 0 aliphatic carbocycles. The zero-order chi connectivity index (χ0) is 19.5. The lowest BCUT2D eigenvalue weighted by atomic mass is 10.1. The second-order valence-electron chi connectivity index (χ2n) is 6.27. The number of thiocarbonyl (C=S) groups is 1. The van der Waals surface area contributed by atoms with Gasteiger partial charge in [0.1, 0.15) is 5.82 Å². The zero-order valence-electron chi connectivity index (χ0n) is 14.7. The van der Waals surface area contributed by atoms with E-state index in [0.717, 1.165) is 27.7 Å². The van der Waals surface area contributed by atoms with Crippen LogP contribution in [0.25, 0.3) is 10.8 Å². The first-order valence-corrected chi connectivity index (χ1v) is 9.39. The standard InChI is InChI=1S/C21H16ClFN4S/c22-19-10-16(23)9-8-15(19)12-27-13-17(11-24-27)25-21(28)26-20-7-3-5-14-4-1-2-6-18(14)20/h1-11,13H,12H2,(H2,25,26,28). The van der Waals surface area contributed by atoms with Crippen molar-refractivity contribution < 1.29 is 4.39 Å². The summed E-state index contributed by atoms with van der Waals surface area (Å²) in [4.78, 5) is 0. The van der Waals surface area contributed by atoms with Gasteiger partial charge < -0.3 is 10.6 Å². The molecule has 1 aromatic heterocycles. The van der Waals surface area contributed by atoms with Crippen LogP contribution in [0, 0.1) is 5.82 Å². The van der Waals surface area contributed by atoms with Crippen LogP contribution in [0.1, 0.15) is 5.56 Å². The van der Waals surface area contributed by atoms with Crippen LogP contribution >= 0.6 is 23.8 Å². The first kappa shape index (κ1) is 18.4. The molecule has 0 aliphatic rings. The Bertz CT molecular complexity index is 1150. The lowest BCUT2D eigenvalue weighted by Gasteiger charge is -2.11. The molecule has 0 spiro atoms. The number of nitrogens with zero attached hydrogens (tertiary/aromatic N) is 2. The molecule has 0 unspecified atom stereocenters. The van der Waals surface area contributed by atoms with Crippen molar-refractivity contribution in [2.45, 2.75) is 6.54 Å². The van der Waals surface area contributed by atoms with Crippen LogP contribution in [-0.2, 0) is 6.54 Å². The summed E-state index contributed by atoms with van der Waals surface area (Å²) in [5.74, 6) is -0.360. The predicted octanol–water partition coefficient (Wildman–Crippen LogP) is 5.69. The zero-order valence-corrected chi connectivity index (χ0v) is 16.3. The monoisotopic (exact) mass is 410 g/mol. The molecular formula is C21H16ClFN4S. The van der Waals surface area contributed by atoms with Crippen LogP contribution in [0.3, 0.4) is 0 Å². The summed E-state index contributed by atoms with van der Waals surface area (Å²) >= 11 is 11.5. The Balaban J connectivity index is 1.44. The van der Waals surface area contributed by atoms with Crippen molar-refractivity contribution in [2.24, 2.45) is 0 Å².